The van der Waals surface area contributed by atoms with Crippen molar-refractivity contribution in [1.29, 1.82) is 0 Å². The fraction of sp³-hybridized carbons (Fsp3) is 0.122. The van der Waals surface area contributed by atoms with E-state index in [1.807, 2.05) is 0 Å². The summed E-state index contributed by atoms with van der Waals surface area (Å²) in [7, 11) is 0. The van der Waals surface area contributed by atoms with Crippen LogP contribution >= 0.6 is 0 Å². The molecule has 7 rings (SSSR count). The van der Waals surface area contributed by atoms with Crippen LogP contribution in [0.3, 0.4) is 0 Å². The van der Waals surface area contributed by atoms with Crippen molar-refractivity contribution in [3.8, 4) is 39.1 Å². The number of hydrogen-bond acceptors (Lipinski definition) is 0. The van der Waals surface area contributed by atoms with Crippen molar-refractivity contribution in [2.24, 2.45) is 0 Å². The molecule has 0 amide bonds. The van der Waals surface area contributed by atoms with Crippen LogP contribution in [0.2, 0.25) is 0 Å². The zero-order valence-electron chi connectivity index (χ0n) is 24.6. The summed E-state index contributed by atoms with van der Waals surface area (Å²) in [4.78, 5) is 0. The molecule has 42 heavy (non-hydrogen) atoms. The van der Waals surface area contributed by atoms with Crippen molar-refractivity contribution in [1.82, 2.24) is 4.57 Å². The Morgan fingerprint density at radius 3 is 1.81 bits per heavy atom. The molecule has 6 aromatic carbocycles. The molecule has 0 unspecified atom stereocenters. The molecular weight excluding hydrogens is 506 g/mol. The number of para-hydroxylation sites is 1. The normalized spacial score (nSPS) is 11.4. The second kappa shape index (κ2) is 10.8. The second-order valence-corrected chi connectivity index (χ2v) is 11.3. The first kappa shape index (κ1) is 26.0. The summed E-state index contributed by atoms with van der Waals surface area (Å²) in [5.74, 6) is 0. The third-order valence-electron chi connectivity index (χ3n) is 8.50. The molecule has 1 aromatic heterocycles. The minimum Gasteiger partial charge on any atom is -0.309 e. The molecule has 0 atom stereocenters. The van der Waals surface area contributed by atoms with E-state index >= 15 is 0 Å². The topological polar surface area (TPSA) is 4.93 Å². The SMILES string of the molecule is CCc1cc(-c2ccccc2)cc(-c2cccc(-c3ccc4c5ccccc5n(-c5cc(C)cc(CC)c5)c4c3)c2)c1. The Bertz CT molecular complexity index is 2060. The van der Waals surface area contributed by atoms with E-state index in [0.717, 1.165) is 12.8 Å². The van der Waals surface area contributed by atoms with Crippen LogP contribution < -0.4 is 0 Å². The molecule has 1 heteroatoms. The van der Waals surface area contributed by atoms with Gasteiger partial charge in [-0.05, 0) is 106 Å². The molecule has 1 nitrogen and oxygen atoms in total. The van der Waals surface area contributed by atoms with Crippen molar-refractivity contribution < 1.29 is 0 Å². The maximum absolute atomic E-state index is 2.45. The molecule has 0 saturated heterocycles. The lowest BCUT2D eigenvalue weighted by molar-refractivity contribution is 1.10. The van der Waals surface area contributed by atoms with Crippen molar-refractivity contribution in [3.63, 3.8) is 0 Å². The largest absolute Gasteiger partial charge is 0.309 e. The first-order valence-corrected chi connectivity index (χ1v) is 15.1. The molecule has 204 valence electrons. The summed E-state index contributed by atoms with van der Waals surface area (Å²) in [6, 6.07) is 49.4. The van der Waals surface area contributed by atoms with Crippen LogP contribution in [-0.4, -0.2) is 4.57 Å². The highest BCUT2D eigenvalue weighted by molar-refractivity contribution is 6.10. The van der Waals surface area contributed by atoms with Crippen LogP contribution in [0, 0.1) is 6.92 Å². The standard InChI is InChI=1S/C41H35N/c1-4-29-20-28(3)21-37(24-29)42-40-17-10-9-16-38(40)39-19-18-34(27-41(39)42)32-14-11-15-33(25-32)36-23-30(5-2)22-35(26-36)31-12-7-6-8-13-31/h6-27H,4-5H2,1-3H3. The number of benzene rings is 6. The van der Waals surface area contributed by atoms with E-state index in [1.165, 1.54) is 77.6 Å². The van der Waals surface area contributed by atoms with Crippen molar-refractivity contribution in [2.45, 2.75) is 33.6 Å². The maximum Gasteiger partial charge on any atom is 0.0547 e. The lowest BCUT2D eigenvalue weighted by Gasteiger charge is -2.13. The van der Waals surface area contributed by atoms with Gasteiger partial charge in [-0.2, -0.15) is 0 Å². The molecular formula is C41H35N. The number of aromatic nitrogens is 1. The number of fused-ring (bicyclic) bond motifs is 3. The Hall–Kier alpha value is -4.88. The quantitative estimate of drug-likeness (QED) is 0.197. The van der Waals surface area contributed by atoms with Crippen molar-refractivity contribution in [2.75, 3.05) is 0 Å². The van der Waals surface area contributed by atoms with E-state index in [1.54, 1.807) is 0 Å². The first-order valence-electron chi connectivity index (χ1n) is 15.1. The zero-order chi connectivity index (χ0) is 28.6. The summed E-state index contributed by atoms with van der Waals surface area (Å²) < 4.78 is 2.45. The van der Waals surface area contributed by atoms with E-state index in [0.29, 0.717) is 0 Å². The van der Waals surface area contributed by atoms with Gasteiger partial charge in [-0.1, -0.05) is 111 Å². The van der Waals surface area contributed by atoms with Gasteiger partial charge < -0.3 is 4.57 Å². The molecule has 0 N–H and O–H groups in total. The molecule has 0 bridgehead atoms. The monoisotopic (exact) mass is 541 g/mol. The number of aryl methyl sites for hydroxylation is 3. The molecule has 7 aromatic rings. The predicted octanol–water partition coefficient (Wildman–Crippen LogP) is 11.2. The highest BCUT2D eigenvalue weighted by Gasteiger charge is 2.14. The highest BCUT2D eigenvalue weighted by Crippen LogP contribution is 2.37. The third-order valence-corrected chi connectivity index (χ3v) is 8.50. The van der Waals surface area contributed by atoms with Crippen LogP contribution in [0.15, 0.2) is 133 Å². The molecule has 0 spiro atoms. The van der Waals surface area contributed by atoms with Gasteiger partial charge in [0.25, 0.3) is 0 Å². The van der Waals surface area contributed by atoms with Crippen LogP contribution in [0.4, 0.5) is 0 Å². The average Bonchev–Trinajstić information content (AvgIpc) is 3.38. The van der Waals surface area contributed by atoms with Gasteiger partial charge >= 0.3 is 0 Å². The molecule has 0 fully saturated rings. The Labute approximate surface area is 248 Å². The van der Waals surface area contributed by atoms with E-state index in [2.05, 4.69) is 159 Å². The van der Waals surface area contributed by atoms with E-state index < -0.39 is 0 Å². The molecule has 0 aliphatic carbocycles. The van der Waals surface area contributed by atoms with E-state index in [9.17, 15) is 0 Å². The number of rotatable bonds is 6. The van der Waals surface area contributed by atoms with Gasteiger partial charge in [0.1, 0.15) is 0 Å². The van der Waals surface area contributed by atoms with Gasteiger partial charge in [0.15, 0.2) is 0 Å². The summed E-state index contributed by atoms with van der Waals surface area (Å²) in [6.07, 6.45) is 2.03. The highest BCUT2D eigenvalue weighted by atomic mass is 15.0. The molecule has 0 aliphatic rings. The average molecular weight is 542 g/mol. The number of hydrogen-bond donors (Lipinski definition) is 0. The van der Waals surface area contributed by atoms with Crippen LogP contribution in [0.5, 0.6) is 0 Å². The fourth-order valence-corrected chi connectivity index (χ4v) is 6.34. The lowest BCUT2D eigenvalue weighted by Crippen LogP contribution is -1.96. The Morgan fingerprint density at radius 1 is 0.429 bits per heavy atom. The summed E-state index contributed by atoms with van der Waals surface area (Å²) in [5.41, 5.74) is 15.2. The van der Waals surface area contributed by atoms with Gasteiger partial charge in [-0.15, -0.1) is 0 Å². The van der Waals surface area contributed by atoms with Gasteiger partial charge in [0, 0.05) is 16.5 Å². The van der Waals surface area contributed by atoms with Gasteiger partial charge in [-0.3, -0.25) is 0 Å². The third kappa shape index (κ3) is 4.72. The predicted molar refractivity (Wildman–Crippen MR) is 181 cm³/mol. The minimum absolute atomic E-state index is 1.01. The molecule has 0 saturated carbocycles. The Morgan fingerprint density at radius 2 is 1.02 bits per heavy atom. The zero-order valence-corrected chi connectivity index (χ0v) is 24.6. The maximum atomic E-state index is 2.45. The Balaban J connectivity index is 1.38. The first-order chi connectivity index (χ1) is 20.6. The minimum atomic E-state index is 1.01. The second-order valence-electron chi connectivity index (χ2n) is 11.3. The lowest BCUT2D eigenvalue weighted by atomic mass is 9.93. The molecule has 0 radical (unpaired) electrons. The van der Waals surface area contributed by atoms with Gasteiger partial charge in [0.2, 0.25) is 0 Å². The summed E-state index contributed by atoms with van der Waals surface area (Å²) >= 11 is 0. The fourth-order valence-electron chi connectivity index (χ4n) is 6.34. The van der Waals surface area contributed by atoms with Crippen molar-refractivity contribution >= 4 is 21.8 Å². The Kier molecular flexibility index (Phi) is 6.72. The number of nitrogens with zero attached hydrogens (tertiary/aromatic N) is 1. The summed E-state index contributed by atoms with van der Waals surface area (Å²) in [5, 5.41) is 2.57. The van der Waals surface area contributed by atoms with Gasteiger partial charge in [-0.25, -0.2) is 0 Å². The molecule has 0 aliphatic heterocycles. The van der Waals surface area contributed by atoms with Gasteiger partial charge in [0.05, 0.1) is 11.0 Å². The van der Waals surface area contributed by atoms with E-state index in [-0.39, 0.29) is 0 Å². The summed E-state index contributed by atoms with van der Waals surface area (Å²) in [6.45, 7) is 6.66. The van der Waals surface area contributed by atoms with Crippen molar-refractivity contribution in [3.05, 3.63) is 150 Å². The van der Waals surface area contributed by atoms with Crippen LogP contribution in [0.1, 0.15) is 30.5 Å². The smallest absolute Gasteiger partial charge is 0.0547 e. The van der Waals surface area contributed by atoms with Crippen LogP contribution in [-0.2, 0) is 12.8 Å². The van der Waals surface area contributed by atoms with E-state index in [4.69, 9.17) is 0 Å². The molecule has 1 heterocycles. The van der Waals surface area contributed by atoms with Crippen LogP contribution in [0.25, 0.3) is 60.9 Å².